The number of sulfonamides is 1. The quantitative estimate of drug-likeness (QED) is 0.488. The van der Waals surface area contributed by atoms with Gasteiger partial charge in [-0.3, -0.25) is 4.99 Å². The molecule has 2 aromatic carbocycles. The Morgan fingerprint density at radius 1 is 1.14 bits per heavy atom. The van der Waals surface area contributed by atoms with Crippen molar-refractivity contribution < 1.29 is 13.2 Å². The molecule has 0 aliphatic rings. The number of nitrogens with zero attached hydrogens (tertiary/aromatic N) is 2. The molecule has 0 saturated carbocycles. The number of nitrogens with one attached hydrogen (secondary N) is 2. The Bertz CT molecular complexity index is 945. The number of benzene rings is 2. The smallest absolute Gasteiger partial charge is 0.242 e. The van der Waals surface area contributed by atoms with Crippen LogP contribution in [-0.4, -0.2) is 53.5 Å². The predicted molar refractivity (Wildman–Crippen MR) is 117 cm³/mol. The van der Waals surface area contributed by atoms with E-state index in [0.717, 1.165) is 23.3 Å². The summed E-state index contributed by atoms with van der Waals surface area (Å²) in [5.74, 6) is 1.38. The number of hydrogen-bond acceptors (Lipinski definition) is 4. The fraction of sp³-hybridized carbons (Fsp3) is 0.350. The predicted octanol–water partition coefficient (Wildman–Crippen LogP) is 2.51. The van der Waals surface area contributed by atoms with E-state index in [2.05, 4.69) is 15.6 Å². The number of halogens is 1. The number of methoxy groups -OCH3 is 1. The van der Waals surface area contributed by atoms with E-state index in [1.54, 1.807) is 44.5 Å². The first-order chi connectivity index (χ1) is 13.8. The maximum atomic E-state index is 12.1. The van der Waals surface area contributed by atoms with E-state index in [0.29, 0.717) is 24.1 Å². The van der Waals surface area contributed by atoms with Gasteiger partial charge in [-0.05, 0) is 41.8 Å². The standard InChI is InChI=1S/C20H27ClN4O3S/c1-22-20(23-12-11-16-7-8-17(28-4)13-19(16)21)24-14-15-5-9-18(10-6-15)29(26,27)25(2)3/h5-10,13H,11-12,14H2,1-4H3,(H2,22,23,24). The number of rotatable bonds is 8. The van der Waals surface area contributed by atoms with Crippen molar-refractivity contribution in [2.24, 2.45) is 4.99 Å². The van der Waals surface area contributed by atoms with Crippen molar-refractivity contribution in [3.05, 3.63) is 58.6 Å². The molecule has 2 aromatic rings. The molecule has 0 fully saturated rings. The van der Waals surface area contributed by atoms with Crippen LogP contribution in [0.5, 0.6) is 5.75 Å². The zero-order chi connectivity index (χ0) is 21.4. The Morgan fingerprint density at radius 2 is 1.83 bits per heavy atom. The fourth-order valence-corrected chi connectivity index (χ4v) is 3.74. The molecule has 29 heavy (non-hydrogen) atoms. The van der Waals surface area contributed by atoms with Crippen molar-refractivity contribution in [2.45, 2.75) is 17.9 Å². The van der Waals surface area contributed by atoms with Gasteiger partial charge in [0.25, 0.3) is 0 Å². The molecule has 0 aliphatic carbocycles. The molecule has 7 nitrogen and oxygen atoms in total. The minimum Gasteiger partial charge on any atom is -0.497 e. The lowest BCUT2D eigenvalue weighted by atomic mass is 10.1. The van der Waals surface area contributed by atoms with Crippen LogP contribution >= 0.6 is 11.6 Å². The molecule has 0 heterocycles. The molecule has 9 heteroatoms. The monoisotopic (exact) mass is 438 g/mol. The van der Waals surface area contributed by atoms with Crippen LogP contribution in [0.1, 0.15) is 11.1 Å². The first-order valence-corrected chi connectivity index (χ1v) is 10.9. The summed E-state index contributed by atoms with van der Waals surface area (Å²) in [5, 5.41) is 7.12. The van der Waals surface area contributed by atoms with Gasteiger partial charge >= 0.3 is 0 Å². The van der Waals surface area contributed by atoms with Gasteiger partial charge in [0, 0.05) is 39.3 Å². The highest BCUT2D eigenvalue weighted by molar-refractivity contribution is 7.89. The highest BCUT2D eigenvalue weighted by Gasteiger charge is 2.16. The van der Waals surface area contributed by atoms with Crippen molar-refractivity contribution in [2.75, 3.05) is 34.8 Å². The summed E-state index contributed by atoms with van der Waals surface area (Å²) in [6, 6.07) is 12.4. The van der Waals surface area contributed by atoms with Crippen molar-refractivity contribution in [3.63, 3.8) is 0 Å². The molecule has 0 unspecified atom stereocenters. The zero-order valence-electron chi connectivity index (χ0n) is 17.1. The second-order valence-electron chi connectivity index (χ2n) is 6.49. The van der Waals surface area contributed by atoms with Gasteiger partial charge in [-0.2, -0.15) is 0 Å². The highest BCUT2D eigenvalue weighted by atomic mass is 35.5. The summed E-state index contributed by atoms with van der Waals surface area (Å²) in [7, 11) is 2.91. The molecule has 0 bridgehead atoms. The number of hydrogen-bond donors (Lipinski definition) is 2. The van der Waals surface area contributed by atoms with Gasteiger partial charge < -0.3 is 15.4 Å². The van der Waals surface area contributed by atoms with Crippen molar-refractivity contribution in [3.8, 4) is 5.75 Å². The second kappa shape index (κ2) is 10.5. The first-order valence-electron chi connectivity index (χ1n) is 9.06. The van der Waals surface area contributed by atoms with Crippen molar-refractivity contribution >= 4 is 27.6 Å². The highest BCUT2D eigenvalue weighted by Crippen LogP contribution is 2.22. The van der Waals surface area contributed by atoms with Crippen LogP contribution in [0.3, 0.4) is 0 Å². The van der Waals surface area contributed by atoms with Crippen LogP contribution < -0.4 is 15.4 Å². The molecule has 2 rings (SSSR count). The Hall–Kier alpha value is -2.29. The average Bonchev–Trinajstić information content (AvgIpc) is 2.71. The van der Waals surface area contributed by atoms with Crippen LogP contribution in [0.15, 0.2) is 52.4 Å². The van der Waals surface area contributed by atoms with Crippen LogP contribution in [0.25, 0.3) is 0 Å². The molecule has 0 radical (unpaired) electrons. The molecule has 0 aliphatic heterocycles. The third kappa shape index (κ3) is 6.35. The maximum Gasteiger partial charge on any atom is 0.242 e. The summed E-state index contributed by atoms with van der Waals surface area (Å²) in [4.78, 5) is 4.47. The third-order valence-electron chi connectivity index (χ3n) is 4.33. The minimum atomic E-state index is -3.42. The largest absolute Gasteiger partial charge is 0.497 e. The van der Waals surface area contributed by atoms with E-state index in [1.165, 1.54) is 18.4 Å². The van der Waals surface area contributed by atoms with Crippen LogP contribution in [-0.2, 0) is 23.0 Å². The number of ether oxygens (including phenoxy) is 1. The molecule has 0 saturated heterocycles. The van der Waals surface area contributed by atoms with E-state index in [-0.39, 0.29) is 4.90 Å². The van der Waals surface area contributed by atoms with E-state index in [1.807, 2.05) is 12.1 Å². The first kappa shape index (κ1) is 23.0. The Kier molecular flexibility index (Phi) is 8.31. The van der Waals surface area contributed by atoms with E-state index in [4.69, 9.17) is 16.3 Å². The number of aliphatic imine (C=N–C) groups is 1. The molecule has 0 aromatic heterocycles. The summed E-state index contributed by atoms with van der Waals surface area (Å²) in [5.41, 5.74) is 1.97. The molecular formula is C20H27ClN4O3S. The van der Waals surface area contributed by atoms with Gasteiger partial charge in [0.2, 0.25) is 10.0 Å². The van der Waals surface area contributed by atoms with Gasteiger partial charge in [-0.25, -0.2) is 12.7 Å². The van der Waals surface area contributed by atoms with Crippen LogP contribution in [0.4, 0.5) is 0 Å². The lowest BCUT2D eigenvalue weighted by Crippen LogP contribution is -2.37. The summed E-state index contributed by atoms with van der Waals surface area (Å²) in [6.07, 6.45) is 0.737. The Labute approximate surface area is 177 Å². The molecule has 0 amide bonds. The van der Waals surface area contributed by atoms with Gasteiger partial charge in [-0.1, -0.05) is 29.8 Å². The van der Waals surface area contributed by atoms with E-state index in [9.17, 15) is 8.42 Å². The topological polar surface area (TPSA) is 83.0 Å². The van der Waals surface area contributed by atoms with Gasteiger partial charge in [0.1, 0.15) is 5.75 Å². The van der Waals surface area contributed by atoms with Gasteiger partial charge in [0.05, 0.1) is 12.0 Å². The van der Waals surface area contributed by atoms with Crippen molar-refractivity contribution in [1.82, 2.24) is 14.9 Å². The third-order valence-corrected chi connectivity index (χ3v) is 6.51. The van der Waals surface area contributed by atoms with E-state index < -0.39 is 10.0 Å². The molecule has 0 spiro atoms. The van der Waals surface area contributed by atoms with Gasteiger partial charge in [0.15, 0.2) is 5.96 Å². The van der Waals surface area contributed by atoms with Crippen molar-refractivity contribution in [1.29, 1.82) is 0 Å². The lowest BCUT2D eigenvalue weighted by Gasteiger charge is -2.14. The fourth-order valence-electron chi connectivity index (χ4n) is 2.57. The Balaban J connectivity index is 1.86. The number of guanidine groups is 1. The minimum absolute atomic E-state index is 0.269. The molecular weight excluding hydrogens is 412 g/mol. The molecule has 2 N–H and O–H groups in total. The second-order valence-corrected chi connectivity index (χ2v) is 9.05. The van der Waals surface area contributed by atoms with E-state index >= 15 is 0 Å². The Morgan fingerprint density at radius 3 is 2.38 bits per heavy atom. The normalized spacial score (nSPS) is 12.1. The molecule has 0 atom stereocenters. The zero-order valence-corrected chi connectivity index (χ0v) is 18.6. The SMILES string of the molecule is CN=C(NCCc1ccc(OC)cc1Cl)NCc1ccc(S(=O)(=O)N(C)C)cc1. The average molecular weight is 439 g/mol. The lowest BCUT2D eigenvalue weighted by molar-refractivity contribution is 0.414. The van der Waals surface area contributed by atoms with Gasteiger partial charge in [-0.15, -0.1) is 0 Å². The molecule has 158 valence electrons. The summed E-state index contributed by atoms with van der Waals surface area (Å²) >= 11 is 6.26. The van der Waals surface area contributed by atoms with Crippen LogP contribution in [0.2, 0.25) is 5.02 Å². The summed E-state index contributed by atoms with van der Waals surface area (Å²) in [6.45, 7) is 1.18. The summed E-state index contributed by atoms with van der Waals surface area (Å²) < 4.78 is 30.6. The maximum absolute atomic E-state index is 12.1. The van der Waals surface area contributed by atoms with Crippen LogP contribution in [0, 0.1) is 0 Å².